The molecule has 0 radical (unpaired) electrons. The molecule has 94 valence electrons. The van der Waals surface area contributed by atoms with Gasteiger partial charge in [-0.3, -0.25) is 0 Å². The third kappa shape index (κ3) is 3.22. The molecule has 1 aliphatic rings. The summed E-state index contributed by atoms with van der Waals surface area (Å²) in [5, 5.41) is 3.69. The monoisotopic (exact) mass is 232 g/mol. The molecule has 2 heteroatoms. The van der Waals surface area contributed by atoms with E-state index in [-0.39, 0.29) is 5.54 Å². The van der Waals surface area contributed by atoms with E-state index in [9.17, 15) is 0 Å². The number of para-hydroxylation sites is 1. The number of anilines is 1. The van der Waals surface area contributed by atoms with Crippen LogP contribution in [0.1, 0.15) is 33.1 Å². The number of piperidine rings is 1. The number of hydrogen-bond acceptors (Lipinski definition) is 2. The predicted molar refractivity (Wildman–Crippen MR) is 74.6 cm³/mol. The maximum atomic E-state index is 3.69. The van der Waals surface area contributed by atoms with Crippen molar-refractivity contribution < 1.29 is 0 Å². The summed E-state index contributed by atoms with van der Waals surface area (Å²) < 4.78 is 0. The minimum absolute atomic E-state index is 0.282. The first-order valence-electron chi connectivity index (χ1n) is 6.78. The van der Waals surface area contributed by atoms with E-state index in [0.29, 0.717) is 0 Å². The van der Waals surface area contributed by atoms with Crippen LogP contribution in [0.2, 0.25) is 0 Å². The van der Waals surface area contributed by atoms with Crippen molar-refractivity contribution in [1.29, 1.82) is 0 Å². The number of nitrogens with one attached hydrogen (secondary N) is 1. The van der Waals surface area contributed by atoms with Crippen molar-refractivity contribution in [3.8, 4) is 0 Å². The van der Waals surface area contributed by atoms with E-state index in [1.807, 2.05) is 0 Å². The Morgan fingerprint density at radius 2 is 2.00 bits per heavy atom. The highest BCUT2D eigenvalue weighted by Crippen LogP contribution is 2.23. The van der Waals surface area contributed by atoms with Crippen LogP contribution in [0.3, 0.4) is 0 Å². The highest BCUT2D eigenvalue weighted by atomic mass is 15.2. The van der Waals surface area contributed by atoms with Gasteiger partial charge in [0, 0.05) is 24.3 Å². The largest absolute Gasteiger partial charge is 0.370 e. The maximum absolute atomic E-state index is 3.69. The van der Waals surface area contributed by atoms with Crippen LogP contribution in [-0.2, 0) is 0 Å². The molecule has 1 N–H and O–H groups in total. The number of benzene rings is 1. The fraction of sp³-hybridized carbons (Fsp3) is 0.600. The summed E-state index contributed by atoms with van der Waals surface area (Å²) in [5.74, 6) is 0. The van der Waals surface area contributed by atoms with Crippen LogP contribution in [0, 0.1) is 0 Å². The number of likely N-dealkylation sites (N-methyl/N-ethyl adjacent to an activating group) is 1. The zero-order valence-corrected chi connectivity index (χ0v) is 11.1. The maximum Gasteiger partial charge on any atom is 0.0366 e. The van der Waals surface area contributed by atoms with Crippen LogP contribution >= 0.6 is 0 Å². The molecule has 1 aliphatic heterocycles. The van der Waals surface area contributed by atoms with Crippen LogP contribution in [-0.4, -0.2) is 25.2 Å². The smallest absolute Gasteiger partial charge is 0.0366 e. The fourth-order valence-corrected chi connectivity index (χ4v) is 2.70. The van der Waals surface area contributed by atoms with Crippen molar-refractivity contribution in [3.63, 3.8) is 0 Å². The third-order valence-electron chi connectivity index (χ3n) is 3.75. The van der Waals surface area contributed by atoms with E-state index < -0.39 is 0 Å². The molecule has 2 rings (SSSR count). The van der Waals surface area contributed by atoms with E-state index in [4.69, 9.17) is 0 Å². The molecule has 0 aliphatic carbocycles. The normalized spacial score (nSPS) is 24.6. The van der Waals surface area contributed by atoms with E-state index in [2.05, 4.69) is 54.4 Å². The second-order valence-electron chi connectivity index (χ2n) is 5.29. The highest BCUT2D eigenvalue weighted by molar-refractivity contribution is 5.46. The van der Waals surface area contributed by atoms with Gasteiger partial charge in [0.2, 0.25) is 0 Å². The Morgan fingerprint density at radius 3 is 2.59 bits per heavy atom. The van der Waals surface area contributed by atoms with E-state index >= 15 is 0 Å². The Hall–Kier alpha value is -1.02. The van der Waals surface area contributed by atoms with Crippen LogP contribution in [0.15, 0.2) is 30.3 Å². The molecule has 0 spiro atoms. The van der Waals surface area contributed by atoms with Gasteiger partial charge in [-0.1, -0.05) is 24.6 Å². The quantitative estimate of drug-likeness (QED) is 0.858. The minimum Gasteiger partial charge on any atom is -0.370 e. The molecule has 1 atom stereocenters. The average Bonchev–Trinajstić information content (AvgIpc) is 2.38. The van der Waals surface area contributed by atoms with Crippen molar-refractivity contribution in [2.24, 2.45) is 0 Å². The lowest BCUT2D eigenvalue weighted by molar-refractivity contribution is 0.281. The summed E-state index contributed by atoms with van der Waals surface area (Å²) in [7, 11) is 0. The summed E-state index contributed by atoms with van der Waals surface area (Å²) in [6.45, 7) is 7.94. The molecule has 0 bridgehead atoms. The molecular formula is C15H24N2. The molecule has 1 saturated heterocycles. The van der Waals surface area contributed by atoms with Crippen molar-refractivity contribution in [2.75, 3.05) is 24.5 Å². The summed E-state index contributed by atoms with van der Waals surface area (Å²) in [5.41, 5.74) is 1.62. The van der Waals surface area contributed by atoms with Crippen LogP contribution in [0.5, 0.6) is 0 Å². The summed E-state index contributed by atoms with van der Waals surface area (Å²) >= 11 is 0. The lowest BCUT2D eigenvalue weighted by atomic mass is 9.90. The first-order chi connectivity index (χ1) is 8.23. The second kappa shape index (κ2) is 5.54. The highest BCUT2D eigenvalue weighted by Gasteiger charge is 2.28. The van der Waals surface area contributed by atoms with E-state index in [1.54, 1.807) is 0 Å². The molecule has 0 aromatic heterocycles. The zero-order chi connectivity index (χ0) is 12.1. The Bertz CT molecular complexity index is 328. The van der Waals surface area contributed by atoms with Gasteiger partial charge in [-0.2, -0.15) is 0 Å². The third-order valence-corrected chi connectivity index (χ3v) is 3.75. The first kappa shape index (κ1) is 12.4. The minimum atomic E-state index is 0.282. The van der Waals surface area contributed by atoms with Gasteiger partial charge in [0.15, 0.2) is 0 Å². The number of nitrogens with zero attached hydrogens (tertiary/aromatic N) is 1. The van der Waals surface area contributed by atoms with Gasteiger partial charge in [-0.05, 0) is 45.4 Å². The van der Waals surface area contributed by atoms with Crippen LogP contribution in [0.25, 0.3) is 0 Å². The van der Waals surface area contributed by atoms with Gasteiger partial charge in [0.25, 0.3) is 0 Å². The molecule has 17 heavy (non-hydrogen) atoms. The van der Waals surface area contributed by atoms with E-state index in [1.165, 1.54) is 31.5 Å². The average molecular weight is 232 g/mol. The topological polar surface area (TPSA) is 15.3 Å². The van der Waals surface area contributed by atoms with Gasteiger partial charge in [-0.15, -0.1) is 0 Å². The van der Waals surface area contributed by atoms with Crippen molar-refractivity contribution >= 4 is 5.69 Å². The standard InChI is InChI=1S/C15H24N2/c1-3-17(14-9-5-4-6-10-14)13-15(2)11-7-8-12-16-15/h4-6,9-10,16H,3,7-8,11-13H2,1-2H3. The first-order valence-corrected chi connectivity index (χ1v) is 6.78. The summed E-state index contributed by atoms with van der Waals surface area (Å²) in [6, 6.07) is 10.7. The van der Waals surface area contributed by atoms with Crippen molar-refractivity contribution in [1.82, 2.24) is 5.32 Å². The van der Waals surface area contributed by atoms with Crippen LogP contribution in [0.4, 0.5) is 5.69 Å². The summed E-state index contributed by atoms with van der Waals surface area (Å²) in [6.07, 6.45) is 3.97. The molecule has 0 amide bonds. The molecular weight excluding hydrogens is 208 g/mol. The molecule has 1 fully saturated rings. The van der Waals surface area contributed by atoms with Gasteiger partial charge in [-0.25, -0.2) is 0 Å². The van der Waals surface area contributed by atoms with Gasteiger partial charge in [0.1, 0.15) is 0 Å². The van der Waals surface area contributed by atoms with Gasteiger partial charge in [0.05, 0.1) is 0 Å². The van der Waals surface area contributed by atoms with Gasteiger partial charge < -0.3 is 10.2 Å². The second-order valence-corrected chi connectivity index (χ2v) is 5.29. The number of rotatable bonds is 4. The lowest BCUT2D eigenvalue weighted by Gasteiger charge is -2.40. The number of hydrogen-bond donors (Lipinski definition) is 1. The fourth-order valence-electron chi connectivity index (χ4n) is 2.70. The Morgan fingerprint density at radius 1 is 1.24 bits per heavy atom. The molecule has 0 saturated carbocycles. The molecule has 1 unspecified atom stereocenters. The van der Waals surface area contributed by atoms with Gasteiger partial charge >= 0.3 is 0 Å². The van der Waals surface area contributed by atoms with Crippen LogP contribution < -0.4 is 10.2 Å². The zero-order valence-electron chi connectivity index (χ0n) is 11.1. The molecule has 2 nitrogen and oxygen atoms in total. The predicted octanol–water partition coefficient (Wildman–Crippen LogP) is 3.05. The van der Waals surface area contributed by atoms with E-state index in [0.717, 1.165) is 13.1 Å². The summed E-state index contributed by atoms with van der Waals surface area (Å²) in [4.78, 5) is 2.47. The Kier molecular flexibility index (Phi) is 4.06. The molecule has 1 aromatic carbocycles. The van der Waals surface area contributed by atoms with Crippen molar-refractivity contribution in [3.05, 3.63) is 30.3 Å². The lowest BCUT2D eigenvalue weighted by Crippen LogP contribution is -2.53. The SMILES string of the molecule is CCN(CC1(C)CCCCN1)c1ccccc1. The Balaban J connectivity index is 2.04. The van der Waals surface area contributed by atoms with Crippen molar-refractivity contribution in [2.45, 2.75) is 38.6 Å². The molecule has 1 aromatic rings. The molecule has 1 heterocycles. The Labute approximate surface area is 105 Å².